The lowest BCUT2D eigenvalue weighted by atomic mass is 10.0. The van der Waals surface area contributed by atoms with Crippen LogP contribution in [0.25, 0.3) is 0 Å². The lowest BCUT2D eigenvalue weighted by molar-refractivity contribution is 0.122. The highest BCUT2D eigenvalue weighted by atomic mass is 16.6. The molecule has 0 saturated carbocycles. The van der Waals surface area contributed by atoms with E-state index in [0.29, 0.717) is 12.5 Å². The fraction of sp³-hybridized carbons (Fsp3) is 0.571. The highest BCUT2D eigenvalue weighted by Gasteiger charge is 2.26. The number of carbonyl (C=O) groups is 1. The molecule has 1 aromatic rings. The van der Waals surface area contributed by atoms with Crippen LogP contribution in [0.1, 0.15) is 45.2 Å². The zero-order valence-electron chi connectivity index (χ0n) is 11.2. The molecule has 1 aliphatic heterocycles. The monoisotopic (exact) mass is 248 g/mol. The minimum Gasteiger partial charge on any atom is -0.446 e. The Kier molecular flexibility index (Phi) is 3.84. The summed E-state index contributed by atoms with van der Waals surface area (Å²) in [4.78, 5) is 18.2. The van der Waals surface area contributed by atoms with Gasteiger partial charge in [-0.1, -0.05) is 6.92 Å². The summed E-state index contributed by atoms with van der Waals surface area (Å²) in [5.41, 5.74) is 1.89. The second kappa shape index (κ2) is 5.38. The van der Waals surface area contributed by atoms with Crippen LogP contribution in [0.5, 0.6) is 0 Å². The maximum Gasteiger partial charge on any atom is 0.414 e. The van der Waals surface area contributed by atoms with Crippen LogP contribution in [0, 0.1) is 0 Å². The number of pyridine rings is 1. The number of hydrogen-bond acceptors (Lipinski definition) is 3. The van der Waals surface area contributed by atoms with Crippen LogP contribution in [-0.2, 0) is 4.74 Å². The molecule has 0 fully saturated rings. The number of hydrogen-bond donors (Lipinski definition) is 0. The smallest absolute Gasteiger partial charge is 0.414 e. The Morgan fingerprint density at radius 2 is 2.33 bits per heavy atom. The highest BCUT2D eigenvalue weighted by molar-refractivity contribution is 5.88. The molecule has 0 radical (unpaired) electrons. The molecule has 0 aliphatic carbocycles. The number of fused-ring (bicyclic) bond motifs is 1. The quantitative estimate of drug-likeness (QED) is 0.765. The van der Waals surface area contributed by atoms with Crippen LogP contribution in [0.4, 0.5) is 10.5 Å². The molecule has 98 valence electrons. The number of amides is 1. The SMILES string of the molecule is CC(C)OC(=O)N1CCCC(C)c2ncccc21. The van der Waals surface area contributed by atoms with Gasteiger partial charge in [-0.25, -0.2) is 4.79 Å². The molecular weight excluding hydrogens is 228 g/mol. The van der Waals surface area contributed by atoms with Crippen LogP contribution in [-0.4, -0.2) is 23.7 Å². The molecule has 0 N–H and O–H groups in total. The number of nitrogens with zero attached hydrogens (tertiary/aromatic N) is 2. The molecule has 2 heterocycles. The van der Waals surface area contributed by atoms with Gasteiger partial charge in [-0.3, -0.25) is 9.88 Å². The van der Waals surface area contributed by atoms with E-state index in [2.05, 4.69) is 11.9 Å². The van der Waals surface area contributed by atoms with E-state index in [1.165, 1.54) is 0 Å². The highest BCUT2D eigenvalue weighted by Crippen LogP contribution is 2.32. The Morgan fingerprint density at radius 1 is 1.56 bits per heavy atom. The lowest BCUT2D eigenvalue weighted by Crippen LogP contribution is -2.34. The first kappa shape index (κ1) is 12.9. The van der Waals surface area contributed by atoms with Crippen molar-refractivity contribution < 1.29 is 9.53 Å². The molecule has 2 rings (SSSR count). The minimum absolute atomic E-state index is 0.0988. The minimum atomic E-state index is -0.270. The molecule has 18 heavy (non-hydrogen) atoms. The van der Waals surface area contributed by atoms with Gasteiger partial charge in [0.25, 0.3) is 0 Å². The van der Waals surface area contributed by atoms with Crippen molar-refractivity contribution in [3.05, 3.63) is 24.0 Å². The van der Waals surface area contributed by atoms with Gasteiger partial charge in [-0.2, -0.15) is 0 Å². The van der Waals surface area contributed by atoms with Gasteiger partial charge in [0.1, 0.15) is 0 Å². The molecule has 1 atom stereocenters. The van der Waals surface area contributed by atoms with Gasteiger partial charge in [-0.15, -0.1) is 0 Å². The summed E-state index contributed by atoms with van der Waals surface area (Å²) in [5, 5.41) is 0. The molecule has 0 saturated heterocycles. The van der Waals surface area contributed by atoms with Crippen molar-refractivity contribution in [2.24, 2.45) is 0 Å². The van der Waals surface area contributed by atoms with E-state index in [1.807, 2.05) is 26.0 Å². The molecule has 1 aromatic heterocycles. The van der Waals surface area contributed by atoms with Gasteiger partial charge in [-0.05, 0) is 38.8 Å². The van der Waals surface area contributed by atoms with Crippen LogP contribution < -0.4 is 4.90 Å². The van der Waals surface area contributed by atoms with E-state index in [0.717, 1.165) is 24.2 Å². The summed E-state index contributed by atoms with van der Waals surface area (Å²) in [5.74, 6) is 0.387. The van der Waals surface area contributed by atoms with Crippen molar-refractivity contribution in [3.63, 3.8) is 0 Å². The van der Waals surface area contributed by atoms with Gasteiger partial charge < -0.3 is 4.74 Å². The average molecular weight is 248 g/mol. The molecular formula is C14H20N2O2. The van der Waals surface area contributed by atoms with Crippen molar-refractivity contribution in [3.8, 4) is 0 Å². The molecule has 4 nitrogen and oxygen atoms in total. The zero-order valence-corrected chi connectivity index (χ0v) is 11.2. The van der Waals surface area contributed by atoms with E-state index >= 15 is 0 Å². The topological polar surface area (TPSA) is 42.4 Å². The largest absolute Gasteiger partial charge is 0.446 e. The number of carbonyl (C=O) groups excluding carboxylic acids is 1. The summed E-state index contributed by atoms with van der Waals surface area (Å²) in [7, 11) is 0. The van der Waals surface area contributed by atoms with Crippen LogP contribution in [0.15, 0.2) is 18.3 Å². The van der Waals surface area contributed by atoms with Gasteiger partial charge in [0.05, 0.1) is 17.5 Å². The molecule has 0 spiro atoms. The normalized spacial score (nSPS) is 19.3. The molecule has 0 aromatic carbocycles. The van der Waals surface area contributed by atoms with E-state index in [1.54, 1.807) is 11.1 Å². The van der Waals surface area contributed by atoms with Crippen molar-refractivity contribution in [2.45, 2.75) is 45.6 Å². The van der Waals surface area contributed by atoms with Crippen molar-refractivity contribution >= 4 is 11.8 Å². The predicted molar refractivity (Wildman–Crippen MR) is 70.8 cm³/mol. The average Bonchev–Trinajstić information content (AvgIpc) is 2.49. The third kappa shape index (κ3) is 2.63. The maximum absolute atomic E-state index is 12.1. The predicted octanol–water partition coefficient (Wildman–Crippen LogP) is 3.33. The first-order chi connectivity index (χ1) is 8.59. The lowest BCUT2D eigenvalue weighted by Gasteiger charge is -2.23. The fourth-order valence-corrected chi connectivity index (χ4v) is 2.28. The van der Waals surface area contributed by atoms with Crippen molar-refractivity contribution in [1.82, 2.24) is 4.98 Å². The van der Waals surface area contributed by atoms with E-state index in [-0.39, 0.29) is 12.2 Å². The molecule has 4 heteroatoms. The molecule has 1 unspecified atom stereocenters. The number of aromatic nitrogens is 1. The molecule has 0 bridgehead atoms. The fourth-order valence-electron chi connectivity index (χ4n) is 2.28. The standard InChI is InChI=1S/C14H20N2O2/c1-10(2)18-14(17)16-9-5-6-11(3)13-12(16)7-4-8-15-13/h4,7-8,10-11H,5-6,9H2,1-3H3. The second-order valence-corrected chi connectivity index (χ2v) is 5.04. The molecule has 1 aliphatic rings. The first-order valence-corrected chi connectivity index (χ1v) is 6.52. The van der Waals surface area contributed by atoms with E-state index in [9.17, 15) is 4.79 Å². The number of anilines is 1. The van der Waals surface area contributed by atoms with Crippen molar-refractivity contribution in [2.75, 3.05) is 11.4 Å². The van der Waals surface area contributed by atoms with E-state index < -0.39 is 0 Å². The van der Waals surface area contributed by atoms with Crippen LogP contribution in [0.2, 0.25) is 0 Å². The van der Waals surface area contributed by atoms with Gasteiger partial charge in [0.2, 0.25) is 0 Å². The molecule has 1 amide bonds. The van der Waals surface area contributed by atoms with Crippen molar-refractivity contribution in [1.29, 1.82) is 0 Å². The Bertz CT molecular complexity index is 432. The van der Waals surface area contributed by atoms with E-state index in [4.69, 9.17) is 4.74 Å². The Labute approximate surface area is 108 Å². The zero-order chi connectivity index (χ0) is 13.1. The Hall–Kier alpha value is -1.58. The summed E-state index contributed by atoms with van der Waals surface area (Å²) >= 11 is 0. The van der Waals surface area contributed by atoms with Gasteiger partial charge >= 0.3 is 6.09 Å². The summed E-state index contributed by atoms with van der Waals surface area (Å²) in [6, 6.07) is 3.82. The summed E-state index contributed by atoms with van der Waals surface area (Å²) in [6.07, 6.45) is 3.44. The number of rotatable bonds is 1. The van der Waals surface area contributed by atoms with Crippen LogP contribution in [0.3, 0.4) is 0 Å². The third-order valence-electron chi connectivity index (χ3n) is 3.15. The summed E-state index contributed by atoms with van der Waals surface area (Å²) in [6.45, 7) is 6.59. The van der Waals surface area contributed by atoms with Gasteiger partial charge in [0, 0.05) is 18.7 Å². The second-order valence-electron chi connectivity index (χ2n) is 5.04. The van der Waals surface area contributed by atoms with Gasteiger partial charge in [0.15, 0.2) is 0 Å². The summed E-state index contributed by atoms with van der Waals surface area (Å²) < 4.78 is 5.30. The maximum atomic E-state index is 12.1. The Morgan fingerprint density at radius 3 is 3.06 bits per heavy atom. The Balaban J connectivity index is 2.31. The third-order valence-corrected chi connectivity index (χ3v) is 3.15. The van der Waals surface area contributed by atoms with Crippen LogP contribution >= 0.6 is 0 Å². The number of ether oxygens (including phenoxy) is 1. The first-order valence-electron chi connectivity index (χ1n) is 6.52.